The minimum Gasteiger partial charge on any atom is -0.490 e. The standard InChI is InChI=1S/C11H12N4O4/c1-6-8(11(16)17)13-14-15(6)7-4-5-12-10(19-3)9(7)18-2/h4-5H,1-3H3,(H,16,17). The van der Waals surface area contributed by atoms with Crippen molar-refractivity contribution in [2.75, 3.05) is 14.2 Å². The fraction of sp³-hybridized carbons (Fsp3) is 0.273. The Kier molecular flexibility index (Phi) is 3.32. The van der Waals surface area contributed by atoms with Crippen molar-refractivity contribution in [1.29, 1.82) is 0 Å². The second-order valence-corrected chi connectivity index (χ2v) is 3.61. The van der Waals surface area contributed by atoms with Gasteiger partial charge in [0.05, 0.1) is 19.9 Å². The van der Waals surface area contributed by atoms with Crippen molar-refractivity contribution in [3.8, 4) is 17.3 Å². The van der Waals surface area contributed by atoms with Crippen molar-refractivity contribution in [2.45, 2.75) is 6.92 Å². The molecule has 2 aromatic rings. The summed E-state index contributed by atoms with van der Waals surface area (Å²) in [6.45, 7) is 1.61. The molecule has 0 bridgehead atoms. The van der Waals surface area contributed by atoms with Crippen LogP contribution >= 0.6 is 0 Å². The van der Waals surface area contributed by atoms with Crippen molar-refractivity contribution in [1.82, 2.24) is 20.0 Å². The summed E-state index contributed by atoms with van der Waals surface area (Å²) in [5, 5.41) is 16.4. The van der Waals surface area contributed by atoms with Gasteiger partial charge in [0.2, 0.25) is 5.75 Å². The summed E-state index contributed by atoms with van der Waals surface area (Å²) in [4.78, 5) is 15.0. The summed E-state index contributed by atoms with van der Waals surface area (Å²) < 4.78 is 11.7. The minimum absolute atomic E-state index is 0.113. The van der Waals surface area contributed by atoms with Gasteiger partial charge in [-0.2, -0.15) is 0 Å². The summed E-state index contributed by atoms with van der Waals surface area (Å²) >= 11 is 0. The van der Waals surface area contributed by atoms with Crippen LogP contribution < -0.4 is 9.47 Å². The number of carbonyl (C=O) groups is 1. The topological polar surface area (TPSA) is 99.4 Å². The van der Waals surface area contributed by atoms with E-state index in [0.29, 0.717) is 17.1 Å². The molecular formula is C11H12N4O4. The van der Waals surface area contributed by atoms with Crippen LogP contribution in [0.1, 0.15) is 16.2 Å². The van der Waals surface area contributed by atoms with E-state index in [2.05, 4.69) is 15.3 Å². The van der Waals surface area contributed by atoms with E-state index < -0.39 is 5.97 Å². The zero-order chi connectivity index (χ0) is 14.0. The Balaban J connectivity index is 2.62. The van der Waals surface area contributed by atoms with Gasteiger partial charge >= 0.3 is 5.97 Å². The van der Waals surface area contributed by atoms with Crippen LogP contribution in [0.4, 0.5) is 0 Å². The molecular weight excluding hydrogens is 252 g/mol. The first-order valence-electron chi connectivity index (χ1n) is 5.33. The second-order valence-electron chi connectivity index (χ2n) is 3.61. The Morgan fingerprint density at radius 1 is 1.37 bits per heavy atom. The SMILES string of the molecule is COc1nccc(-n2nnc(C(=O)O)c2C)c1OC. The number of aromatic carboxylic acids is 1. The second kappa shape index (κ2) is 4.92. The first-order chi connectivity index (χ1) is 9.10. The van der Waals surface area contributed by atoms with Crippen LogP contribution in [0.25, 0.3) is 5.69 Å². The number of nitrogens with zero attached hydrogens (tertiary/aromatic N) is 4. The molecule has 1 N–H and O–H groups in total. The summed E-state index contributed by atoms with van der Waals surface area (Å²) in [6, 6.07) is 1.63. The number of aromatic nitrogens is 4. The molecule has 0 aliphatic rings. The maximum atomic E-state index is 11.0. The minimum atomic E-state index is -1.14. The van der Waals surface area contributed by atoms with Gasteiger partial charge in [-0.15, -0.1) is 5.10 Å². The van der Waals surface area contributed by atoms with E-state index in [-0.39, 0.29) is 11.6 Å². The van der Waals surface area contributed by atoms with Crippen LogP contribution in [-0.4, -0.2) is 45.3 Å². The highest BCUT2D eigenvalue weighted by Gasteiger charge is 2.20. The van der Waals surface area contributed by atoms with E-state index in [0.717, 1.165) is 0 Å². The molecule has 0 aliphatic heterocycles. The van der Waals surface area contributed by atoms with Crippen molar-refractivity contribution in [3.05, 3.63) is 23.7 Å². The van der Waals surface area contributed by atoms with Gasteiger partial charge in [0.15, 0.2) is 5.69 Å². The fourth-order valence-electron chi connectivity index (χ4n) is 1.68. The summed E-state index contributed by atoms with van der Waals surface area (Å²) in [5.74, 6) is -0.495. The van der Waals surface area contributed by atoms with Crippen molar-refractivity contribution in [2.24, 2.45) is 0 Å². The third-order valence-corrected chi connectivity index (χ3v) is 2.57. The van der Waals surface area contributed by atoms with E-state index in [1.807, 2.05) is 0 Å². The summed E-state index contributed by atoms with van der Waals surface area (Å²) in [7, 11) is 2.93. The van der Waals surface area contributed by atoms with Crippen LogP contribution in [0, 0.1) is 6.92 Å². The number of carboxylic acid groups (broad SMARTS) is 1. The molecule has 0 saturated carbocycles. The van der Waals surface area contributed by atoms with Gasteiger partial charge in [0, 0.05) is 6.20 Å². The van der Waals surface area contributed by atoms with Gasteiger partial charge in [0.25, 0.3) is 5.88 Å². The lowest BCUT2D eigenvalue weighted by Gasteiger charge is -2.11. The maximum absolute atomic E-state index is 11.0. The molecule has 0 atom stereocenters. The molecule has 0 fully saturated rings. The molecule has 0 spiro atoms. The molecule has 100 valence electrons. The zero-order valence-corrected chi connectivity index (χ0v) is 10.6. The highest BCUT2D eigenvalue weighted by Crippen LogP contribution is 2.31. The largest absolute Gasteiger partial charge is 0.490 e. The molecule has 0 radical (unpaired) electrons. The lowest BCUT2D eigenvalue weighted by atomic mass is 10.3. The van der Waals surface area contributed by atoms with Crippen molar-refractivity contribution in [3.63, 3.8) is 0 Å². The number of hydrogen-bond acceptors (Lipinski definition) is 6. The summed E-state index contributed by atoms with van der Waals surface area (Å²) in [5.41, 5.74) is 0.781. The van der Waals surface area contributed by atoms with Crippen LogP contribution in [0.3, 0.4) is 0 Å². The Hall–Kier alpha value is -2.64. The molecule has 8 heteroatoms. The Bertz CT molecular complexity index is 623. The van der Waals surface area contributed by atoms with Crippen LogP contribution in [0.5, 0.6) is 11.6 Å². The summed E-state index contributed by atoms with van der Waals surface area (Å²) in [6.07, 6.45) is 1.51. The molecule has 0 saturated heterocycles. The predicted octanol–water partition coefficient (Wildman–Crippen LogP) is 0.686. The third-order valence-electron chi connectivity index (χ3n) is 2.57. The van der Waals surface area contributed by atoms with Gasteiger partial charge in [-0.1, -0.05) is 5.21 Å². The van der Waals surface area contributed by atoms with Crippen molar-refractivity contribution < 1.29 is 19.4 Å². The van der Waals surface area contributed by atoms with Crippen LogP contribution in [0.15, 0.2) is 12.3 Å². The average Bonchev–Trinajstić information content (AvgIpc) is 2.79. The Labute approximate surface area is 108 Å². The number of methoxy groups -OCH3 is 2. The Morgan fingerprint density at radius 2 is 2.11 bits per heavy atom. The predicted molar refractivity (Wildman–Crippen MR) is 64.0 cm³/mol. The number of hydrogen-bond donors (Lipinski definition) is 1. The van der Waals surface area contributed by atoms with E-state index in [1.165, 1.54) is 25.1 Å². The number of carboxylic acids is 1. The van der Waals surface area contributed by atoms with Crippen LogP contribution in [0.2, 0.25) is 0 Å². The lowest BCUT2D eigenvalue weighted by molar-refractivity contribution is 0.0689. The highest BCUT2D eigenvalue weighted by molar-refractivity contribution is 5.86. The molecule has 2 aromatic heterocycles. The van der Waals surface area contributed by atoms with Gasteiger partial charge in [-0.05, 0) is 13.0 Å². The van der Waals surface area contributed by atoms with E-state index in [4.69, 9.17) is 14.6 Å². The smallest absolute Gasteiger partial charge is 0.358 e. The monoisotopic (exact) mass is 264 g/mol. The first kappa shape index (κ1) is 12.8. The van der Waals surface area contributed by atoms with E-state index in [9.17, 15) is 4.79 Å². The molecule has 0 amide bonds. The molecule has 8 nitrogen and oxygen atoms in total. The molecule has 2 heterocycles. The molecule has 2 rings (SSSR count). The molecule has 19 heavy (non-hydrogen) atoms. The zero-order valence-electron chi connectivity index (χ0n) is 10.6. The van der Waals surface area contributed by atoms with Gasteiger partial charge in [-0.25, -0.2) is 14.5 Å². The fourth-order valence-corrected chi connectivity index (χ4v) is 1.68. The lowest BCUT2D eigenvalue weighted by Crippen LogP contribution is -2.05. The Morgan fingerprint density at radius 3 is 2.63 bits per heavy atom. The van der Waals surface area contributed by atoms with Gasteiger partial charge in [0.1, 0.15) is 5.69 Å². The van der Waals surface area contributed by atoms with E-state index >= 15 is 0 Å². The normalized spacial score (nSPS) is 10.3. The third kappa shape index (κ3) is 2.07. The van der Waals surface area contributed by atoms with Gasteiger partial charge in [-0.3, -0.25) is 0 Å². The number of ether oxygens (including phenoxy) is 2. The quantitative estimate of drug-likeness (QED) is 0.866. The molecule has 0 aromatic carbocycles. The highest BCUT2D eigenvalue weighted by atomic mass is 16.5. The maximum Gasteiger partial charge on any atom is 0.358 e. The van der Waals surface area contributed by atoms with Gasteiger partial charge < -0.3 is 14.6 Å². The van der Waals surface area contributed by atoms with E-state index in [1.54, 1.807) is 13.0 Å². The number of rotatable bonds is 4. The van der Waals surface area contributed by atoms with Crippen molar-refractivity contribution >= 4 is 5.97 Å². The molecule has 0 aliphatic carbocycles. The average molecular weight is 264 g/mol. The molecule has 0 unspecified atom stereocenters. The first-order valence-corrected chi connectivity index (χ1v) is 5.33. The number of pyridine rings is 1. The van der Waals surface area contributed by atoms with Crippen LogP contribution in [-0.2, 0) is 0 Å².